The highest BCUT2D eigenvalue weighted by Gasteiger charge is 2.40. The molecular weight excluding hydrogens is 206 g/mol. The Bertz CT molecular complexity index is 273. The lowest BCUT2D eigenvalue weighted by Gasteiger charge is -2.44. The fourth-order valence-electron chi connectivity index (χ4n) is 3.21. The van der Waals surface area contributed by atoms with Crippen LogP contribution in [0, 0.1) is 11.8 Å². The summed E-state index contributed by atoms with van der Waals surface area (Å²) in [6.07, 6.45) is 5.39. The van der Waals surface area contributed by atoms with Crippen molar-refractivity contribution in [2.75, 3.05) is 6.54 Å². The summed E-state index contributed by atoms with van der Waals surface area (Å²) in [5.74, 6) is 0.106. The van der Waals surface area contributed by atoms with E-state index in [0.717, 1.165) is 12.8 Å². The highest BCUT2D eigenvalue weighted by Crippen LogP contribution is 2.38. The van der Waals surface area contributed by atoms with Gasteiger partial charge in [0.2, 0.25) is 5.91 Å². The van der Waals surface area contributed by atoms with Gasteiger partial charge in [0.25, 0.3) is 0 Å². The third-order valence-electron chi connectivity index (χ3n) is 4.09. The van der Waals surface area contributed by atoms with E-state index in [1.165, 1.54) is 19.8 Å². The Balaban J connectivity index is 2.13. The van der Waals surface area contributed by atoms with Crippen LogP contribution in [-0.4, -0.2) is 34.5 Å². The molecule has 1 heterocycles. The maximum Gasteiger partial charge on any atom is 0.326 e. The summed E-state index contributed by atoms with van der Waals surface area (Å²) < 4.78 is 0. The molecule has 1 saturated carbocycles. The molecular formula is C12H19NO3. The summed E-state index contributed by atoms with van der Waals surface area (Å²) in [5, 5.41) is 9.15. The van der Waals surface area contributed by atoms with E-state index in [4.69, 9.17) is 5.11 Å². The second kappa shape index (κ2) is 4.44. The van der Waals surface area contributed by atoms with Gasteiger partial charge < -0.3 is 10.0 Å². The number of nitrogens with zero attached hydrogens (tertiary/aromatic N) is 1. The summed E-state index contributed by atoms with van der Waals surface area (Å²) >= 11 is 0. The second-order valence-corrected chi connectivity index (χ2v) is 5.07. The molecule has 1 N–H and O–H groups in total. The number of aliphatic carboxylic acids is 1. The molecule has 1 amide bonds. The largest absolute Gasteiger partial charge is 0.480 e. The van der Waals surface area contributed by atoms with E-state index < -0.39 is 12.0 Å². The van der Waals surface area contributed by atoms with Gasteiger partial charge in [-0.1, -0.05) is 19.3 Å². The number of carbonyl (C=O) groups is 2. The van der Waals surface area contributed by atoms with Gasteiger partial charge in [0.15, 0.2) is 0 Å². The van der Waals surface area contributed by atoms with E-state index in [-0.39, 0.29) is 5.91 Å². The van der Waals surface area contributed by atoms with Gasteiger partial charge in [0.1, 0.15) is 6.04 Å². The quantitative estimate of drug-likeness (QED) is 0.735. The number of hydrogen-bond donors (Lipinski definition) is 1. The van der Waals surface area contributed by atoms with Crippen LogP contribution < -0.4 is 0 Å². The van der Waals surface area contributed by atoms with Crippen molar-refractivity contribution < 1.29 is 14.7 Å². The van der Waals surface area contributed by atoms with Gasteiger partial charge in [0, 0.05) is 13.5 Å². The zero-order valence-electron chi connectivity index (χ0n) is 9.69. The number of rotatable bonds is 1. The van der Waals surface area contributed by atoms with Crippen molar-refractivity contribution in [3.63, 3.8) is 0 Å². The third-order valence-corrected chi connectivity index (χ3v) is 4.09. The van der Waals surface area contributed by atoms with Gasteiger partial charge in [-0.2, -0.15) is 0 Å². The molecule has 0 spiro atoms. The molecule has 2 rings (SSSR count). The molecule has 0 bridgehead atoms. The zero-order chi connectivity index (χ0) is 11.7. The molecule has 3 unspecified atom stereocenters. The fraction of sp³-hybridized carbons (Fsp3) is 0.833. The number of piperidine rings is 1. The first-order valence-corrected chi connectivity index (χ1v) is 6.09. The van der Waals surface area contributed by atoms with E-state index in [2.05, 4.69) is 0 Å². The van der Waals surface area contributed by atoms with Crippen LogP contribution in [0.25, 0.3) is 0 Å². The maximum atomic E-state index is 11.5. The van der Waals surface area contributed by atoms with Crippen LogP contribution in [-0.2, 0) is 9.59 Å². The van der Waals surface area contributed by atoms with E-state index in [1.807, 2.05) is 0 Å². The molecule has 90 valence electrons. The average Bonchev–Trinajstić information content (AvgIpc) is 2.27. The Hall–Kier alpha value is -1.06. The van der Waals surface area contributed by atoms with Crippen molar-refractivity contribution in [3.05, 3.63) is 0 Å². The third kappa shape index (κ3) is 2.06. The van der Waals surface area contributed by atoms with Gasteiger partial charge in [-0.15, -0.1) is 0 Å². The van der Waals surface area contributed by atoms with Crippen molar-refractivity contribution in [2.45, 2.75) is 45.1 Å². The lowest BCUT2D eigenvalue weighted by molar-refractivity contribution is -0.154. The van der Waals surface area contributed by atoms with Crippen LogP contribution in [0.5, 0.6) is 0 Å². The SMILES string of the molecule is CC(=O)N1CC2CCCCC2CC1C(=O)O. The van der Waals surface area contributed by atoms with Crippen LogP contribution in [0.3, 0.4) is 0 Å². The van der Waals surface area contributed by atoms with Gasteiger partial charge in [0.05, 0.1) is 0 Å². The Kier molecular flexibility index (Phi) is 3.17. The average molecular weight is 225 g/mol. The highest BCUT2D eigenvalue weighted by atomic mass is 16.4. The number of carbonyl (C=O) groups excluding carboxylic acids is 1. The first-order valence-electron chi connectivity index (χ1n) is 6.09. The zero-order valence-corrected chi connectivity index (χ0v) is 9.69. The summed E-state index contributed by atoms with van der Waals surface area (Å²) in [7, 11) is 0. The molecule has 0 aromatic carbocycles. The Morgan fingerprint density at radius 2 is 1.81 bits per heavy atom. The van der Waals surface area contributed by atoms with Crippen LogP contribution in [0.2, 0.25) is 0 Å². The number of fused-ring (bicyclic) bond motifs is 1. The molecule has 3 atom stereocenters. The molecule has 2 aliphatic rings. The molecule has 1 aliphatic heterocycles. The van der Waals surface area contributed by atoms with Crippen molar-refractivity contribution >= 4 is 11.9 Å². The Labute approximate surface area is 95.6 Å². The number of carboxylic acids is 1. The molecule has 0 radical (unpaired) electrons. The van der Waals surface area contributed by atoms with E-state index >= 15 is 0 Å². The molecule has 0 aromatic heterocycles. The molecule has 4 nitrogen and oxygen atoms in total. The molecule has 2 fully saturated rings. The topological polar surface area (TPSA) is 57.6 Å². The standard InChI is InChI=1S/C12H19NO3/c1-8(14)13-7-10-5-3-2-4-9(10)6-11(13)12(15)16/h9-11H,2-7H2,1H3,(H,15,16). The summed E-state index contributed by atoms with van der Waals surface area (Å²) in [5.41, 5.74) is 0. The summed E-state index contributed by atoms with van der Waals surface area (Å²) in [4.78, 5) is 24.2. The fourth-order valence-corrected chi connectivity index (χ4v) is 3.21. The smallest absolute Gasteiger partial charge is 0.326 e. The highest BCUT2D eigenvalue weighted by molar-refractivity contribution is 5.82. The van der Waals surface area contributed by atoms with Crippen molar-refractivity contribution in [1.29, 1.82) is 0 Å². The van der Waals surface area contributed by atoms with Crippen molar-refractivity contribution in [1.82, 2.24) is 4.90 Å². The molecule has 0 aromatic rings. The number of carboxylic acid groups (broad SMARTS) is 1. The van der Waals surface area contributed by atoms with Crippen LogP contribution >= 0.6 is 0 Å². The second-order valence-electron chi connectivity index (χ2n) is 5.07. The van der Waals surface area contributed by atoms with Crippen LogP contribution in [0.1, 0.15) is 39.0 Å². The van der Waals surface area contributed by atoms with Crippen molar-refractivity contribution in [3.8, 4) is 0 Å². The van der Waals surface area contributed by atoms with E-state index in [0.29, 0.717) is 24.8 Å². The minimum absolute atomic E-state index is 0.101. The normalized spacial score (nSPS) is 34.3. The van der Waals surface area contributed by atoms with Gasteiger partial charge >= 0.3 is 5.97 Å². The molecule has 1 saturated heterocycles. The summed E-state index contributed by atoms with van der Waals surface area (Å²) in [6, 6.07) is -0.586. The van der Waals surface area contributed by atoms with Crippen LogP contribution in [0.15, 0.2) is 0 Å². The first kappa shape index (κ1) is 11.4. The number of amides is 1. The molecule has 16 heavy (non-hydrogen) atoms. The number of likely N-dealkylation sites (tertiary alicyclic amines) is 1. The predicted molar refractivity (Wildman–Crippen MR) is 58.9 cm³/mol. The monoisotopic (exact) mass is 225 g/mol. The van der Waals surface area contributed by atoms with E-state index in [1.54, 1.807) is 4.90 Å². The lowest BCUT2D eigenvalue weighted by Crippen LogP contribution is -2.53. The van der Waals surface area contributed by atoms with Gasteiger partial charge in [-0.25, -0.2) is 4.79 Å². The maximum absolute atomic E-state index is 11.5. The Morgan fingerprint density at radius 1 is 1.19 bits per heavy atom. The minimum atomic E-state index is -0.848. The first-order chi connectivity index (χ1) is 7.59. The molecule has 4 heteroatoms. The predicted octanol–water partition coefficient (Wildman–Crippen LogP) is 1.50. The molecule has 1 aliphatic carbocycles. The Morgan fingerprint density at radius 3 is 2.38 bits per heavy atom. The van der Waals surface area contributed by atoms with Gasteiger partial charge in [-0.05, 0) is 24.7 Å². The summed E-state index contributed by atoms with van der Waals surface area (Å²) in [6.45, 7) is 2.12. The van der Waals surface area contributed by atoms with Gasteiger partial charge in [-0.3, -0.25) is 4.79 Å². The number of hydrogen-bond acceptors (Lipinski definition) is 2. The lowest BCUT2D eigenvalue weighted by atomic mass is 9.73. The van der Waals surface area contributed by atoms with Crippen molar-refractivity contribution in [2.24, 2.45) is 11.8 Å². The van der Waals surface area contributed by atoms with Crippen LogP contribution in [0.4, 0.5) is 0 Å². The minimum Gasteiger partial charge on any atom is -0.480 e. The van der Waals surface area contributed by atoms with E-state index in [9.17, 15) is 9.59 Å².